The highest BCUT2D eigenvalue weighted by molar-refractivity contribution is 5.97. The Hall–Kier alpha value is -1.91. The summed E-state index contributed by atoms with van der Waals surface area (Å²) in [6, 6.07) is 4.71. The van der Waals surface area contributed by atoms with E-state index >= 15 is 0 Å². The Morgan fingerprint density at radius 2 is 1.95 bits per heavy atom. The number of nitrogens with two attached hydrogens (primary N) is 1. The van der Waals surface area contributed by atoms with Gasteiger partial charge in [-0.05, 0) is 37.0 Å². The van der Waals surface area contributed by atoms with Crippen LogP contribution in [0, 0.1) is 11.7 Å². The predicted octanol–water partition coefficient (Wildman–Crippen LogP) is 1.99. The zero-order valence-corrected chi connectivity index (χ0v) is 11.3. The number of hydrogen-bond donors (Lipinski definition) is 2. The van der Waals surface area contributed by atoms with Crippen molar-refractivity contribution in [1.82, 2.24) is 5.32 Å². The second-order valence-corrected chi connectivity index (χ2v) is 5.26. The van der Waals surface area contributed by atoms with E-state index in [1.54, 1.807) is 0 Å². The summed E-state index contributed by atoms with van der Waals surface area (Å²) < 4.78 is 13.1. The molecule has 108 valence electrons. The predicted molar refractivity (Wildman–Crippen MR) is 73.4 cm³/mol. The molecule has 1 atom stereocenters. The zero-order chi connectivity index (χ0) is 14.5. The van der Waals surface area contributed by atoms with E-state index in [-0.39, 0.29) is 11.5 Å². The van der Waals surface area contributed by atoms with Gasteiger partial charge in [-0.25, -0.2) is 4.39 Å². The Bertz CT molecular complexity index is 498. The van der Waals surface area contributed by atoms with E-state index < -0.39 is 23.7 Å². The Kier molecular flexibility index (Phi) is 4.71. The molecule has 0 unspecified atom stereocenters. The van der Waals surface area contributed by atoms with Gasteiger partial charge in [0, 0.05) is 5.56 Å². The van der Waals surface area contributed by atoms with Gasteiger partial charge in [0.1, 0.15) is 11.9 Å². The maximum atomic E-state index is 13.1. The molecule has 1 saturated carbocycles. The minimum absolute atomic E-state index is 0.0822. The lowest BCUT2D eigenvalue weighted by Crippen LogP contribution is -2.49. The number of carbonyl (C=O) groups excluding carboxylic acids is 2. The molecule has 1 aliphatic rings. The van der Waals surface area contributed by atoms with Gasteiger partial charge in [-0.15, -0.1) is 0 Å². The summed E-state index contributed by atoms with van der Waals surface area (Å²) in [4.78, 5) is 23.6. The Labute approximate surface area is 117 Å². The van der Waals surface area contributed by atoms with Crippen molar-refractivity contribution in [3.63, 3.8) is 0 Å². The maximum absolute atomic E-state index is 13.1. The van der Waals surface area contributed by atoms with Gasteiger partial charge >= 0.3 is 0 Å². The first kappa shape index (κ1) is 14.5. The van der Waals surface area contributed by atoms with Crippen LogP contribution >= 0.6 is 0 Å². The monoisotopic (exact) mass is 278 g/mol. The number of halogens is 1. The minimum atomic E-state index is -0.675. The van der Waals surface area contributed by atoms with Crippen LogP contribution in [0.3, 0.4) is 0 Å². The first-order valence-corrected chi connectivity index (χ1v) is 6.93. The van der Waals surface area contributed by atoms with Crippen molar-refractivity contribution in [1.29, 1.82) is 0 Å². The highest BCUT2D eigenvalue weighted by Gasteiger charge is 2.29. The van der Waals surface area contributed by atoms with Crippen molar-refractivity contribution in [2.45, 2.75) is 38.1 Å². The molecule has 1 aromatic rings. The Morgan fingerprint density at radius 3 is 2.55 bits per heavy atom. The standard InChI is InChI=1S/C15H19FN2O2/c16-12-8-4-7-11(9-12)15(20)18-13(14(17)19)10-5-2-1-3-6-10/h4,7-10,13H,1-3,5-6H2,(H2,17,19)(H,18,20)/t13-/m1/s1. The molecule has 0 heterocycles. The summed E-state index contributed by atoms with van der Waals surface area (Å²) >= 11 is 0. The van der Waals surface area contributed by atoms with Crippen LogP contribution in [0.25, 0.3) is 0 Å². The fourth-order valence-corrected chi connectivity index (χ4v) is 2.74. The van der Waals surface area contributed by atoms with Crippen LogP contribution in [0.2, 0.25) is 0 Å². The normalized spacial score (nSPS) is 17.4. The summed E-state index contributed by atoms with van der Waals surface area (Å²) in [5.74, 6) is -1.38. The maximum Gasteiger partial charge on any atom is 0.252 e. The molecule has 5 heteroatoms. The lowest BCUT2D eigenvalue weighted by atomic mass is 9.83. The van der Waals surface area contributed by atoms with Gasteiger partial charge in [-0.3, -0.25) is 9.59 Å². The van der Waals surface area contributed by atoms with Gasteiger partial charge in [0.25, 0.3) is 5.91 Å². The fourth-order valence-electron chi connectivity index (χ4n) is 2.74. The molecule has 0 radical (unpaired) electrons. The lowest BCUT2D eigenvalue weighted by molar-refractivity contribution is -0.121. The number of carbonyl (C=O) groups is 2. The van der Waals surface area contributed by atoms with Crippen LogP contribution in [0.5, 0.6) is 0 Å². The topological polar surface area (TPSA) is 72.2 Å². The second kappa shape index (κ2) is 6.50. The van der Waals surface area contributed by atoms with Gasteiger partial charge in [-0.2, -0.15) is 0 Å². The smallest absolute Gasteiger partial charge is 0.252 e. The molecule has 0 saturated heterocycles. The highest BCUT2D eigenvalue weighted by Crippen LogP contribution is 2.26. The van der Waals surface area contributed by atoms with Crippen LogP contribution in [-0.4, -0.2) is 17.9 Å². The van der Waals surface area contributed by atoms with Gasteiger partial charge in [0.15, 0.2) is 0 Å². The number of rotatable bonds is 4. The van der Waals surface area contributed by atoms with E-state index in [2.05, 4.69) is 5.32 Å². The molecule has 0 aromatic heterocycles. The van der Waals surface area contributed by atoms with Crippen molar-refractivity contribution in [2.75, 3.05) is 0 Å². The first-order chi connectivity index (χ1) is 9.58. The van der Waals surface area contributed by atoms with E-state index in [0.29, 0.717) is 0 Å². The van der Waals surface area contributed by atoms with Crippen molar-refractivity contribution in [3.8, 4) is 0 Å². The molecular weight excluding hydrogens is 259 g/mol. The summed E-state index contributed by atoms with van der Waals surface area (Å²) in [6.45, 7) is 0. The summed E-state index contributed by atoms with van der Waals surface area (Å²) in [7, 11) is 0. The summed E-state index contributed by atoms with van der Waals surface area (Å²) in [6.07, 6.45) is 5.02. The van der Waals surface area contributed by atoms with Crippen molar-refractivity contribution < 1.29 is 14.0 Å². The number of nitrogens with one attached hydrogen (secondary N) is 1. The van der Waals surface area contributed by atoms with E-state index in [1.165, 1.54) is 18.2 Å². The molecule has 20 heavy (non-hydrogen) atoms. The Morgan fingerprint density at radius 1 is 1.25 bits per heavy atom. The third-order valence-corrected chi connectivity index (χ3v) is 3.80. The lowest BCUT2D eigenvalue weighted by Gasteiger charge is -2.28. The van der Waals surface area contributed by atoms with Gasteiger partial charge < -0.3 is 11.1 Å². The fraction of sp³-hybridized carbons (Fsp3) is 0.467. The molecule has 0 aliphatic heterocycles. The molecule has 1 aliphatic carbocycles. The van der Waals surface area contributed by atoms with Crippen LogP contribution in [-0.2, 0) is 4.79 Å². The van der Waals surface area contributed by atoms with Crippen LogP contribution in [0.1, 0.15) is 42.5 Å². The Balaban J connectivity index is 2.07. The van der Waals surface area contributed by atoms with Crippen molar-refractivity contribution >= 4 is 11.8 Å². The van der Waals surface area contributed by atoms with Crippen molar-refractivity contribution in [2.24, 2.45) is 11.7 Å². The largest absolute Gasteiger partial charge is 0.368 e. The van der Waals surface area contributed by atoms with Crippen molar-refractivity contribution in [3.05, 3.63) is 35.6 Å². The summed E-state index contributed by atoms with van der Waals surface area (Å²) in [5, 5.41) is 2.65. The molecule has 0 bridgehead atoms. The molecule has 1 aromatic carbocycles. The number of hydrogen-bond acceptors (Lipinski definition) is 2. The van der Waals surface area contributed by atoms with Crippen LogP contribution in [0.15, 0.2) is 24.3 Å². The molecular formula is C15H19FN2O2. The minimum Gasteiger partial charge on any atom is -0.368 e. The third-order valence-electron chi connectivity index (χ3n) is 3.80. The molecule has 0 spiro atoms. The van der Waals surface area contributed by atoms with Crippen LogP contribution < -0.4 is 11.1 Å². The first-order valence-electron chi connectivity index (χ1n) is 6.93. The van der Waals surface area contributed by atoms with E-state index in [1.807, 2.05) is 0 Å². The van der Waals surface area contributed by atoms with Crippen LogP contribution in [0.4, 0.5) is 4.39 Å². The molecule has 3 N–H and O–H groups in total. The number of benzene rings is 1. The number of primary amides is 1. The highest BCUT2D eigenvalue weighted by atomic mass is 19.1. The van der Waals surface area contributed by atoms with E-state index in [4.69, 9.17) is 5.73 Å². The quantitative estimate of drug-likeness (QED) is 0.884. The third kappa shape index (κ3) is 3.56. The van der Waals surface area contributed by atoms with E-state index in [0.717, 1.165) is 38.2 Å². The average molecular weight is 278 g/mol. The second-order valence-electron chi connectivity index (χ2n) is 5.26. The molecule has 2 amide bonds. The molecule has 2 rings (SSSR count). The SMILES string of the molecule is NC(=O)[C@H](NC(=O)c1cccc(F)c1)C1CCCCC1. The van der Waals surface area contributed by atoms with Gasteiger partial charge in [0.2, 0.25) is 5.91 Å². The molecule has 4 nitrogen and oxygen atoms in total. The van der Waals surface area contributed by atoms with Gasteiger partial charge in [-0.1, -0.05) is 25.3 Å². The average Bonchev–Trinajstić information content (AvgIpc) is 2.45. The number of amides is 2. The zero-order valence-electron chi connectivity index (χ0n) is 11.3. The summed E-state index contributed by atoms with van der Waals surface area (Å²) in [5.41, 5.74) is 5.60. The van der Waals surface area contributed by atoms with E-state index in [9.17, 15) is 14.0 Å². The molecule has 1 fully saturated rings. The van der Waals surface area contributed by atoms with Gasteiger partial charge in [0.05, 0.1) is 0 Å².